The van der Waals surface area contributed by atoms with Crippen LogP contribution in [-0.2, 0) is 11.3 Å². The van der Waals surface area contributed by atoms with Crippen molar-refractivity contribution < 1.29 is 9.47 Å². The first-order chi connectivity index (χ1) is 12.5. The first-order valence-corrected chi connectivity index (χ1v) is 8.39. The molecule has 0 atom stereocenters. The van der Waals surface area contributed by atoms with Gasteiger partial charge in [0.1, 0.15) is 11.3 Å². The van der Waals surface area contributed by atoms with Gasteiger partial charge < -0.3 is 25.1 Å². The van der Waals surface area contributed by atoms with Gasteiger partial charge in [-0.25, -0.2) is 4.98 Å². The van der Waals surface area contributed by atoms with E-state index >= 15 is 0 Å². The highest BCUT2D eigenvalue weighted by molar-refractivity contribution is 5.87. The Labute approximate surface area is 152 Å². The molecule has 0 saturated carbocycles. The number of hydrogen-bond acceptors (Lipinski definition) is 7. The highest BCUT2D eigenvalue weighted by atomic mass is 16.5. The maximum Gasteiger partial charge on any atom is 0.222 e. The van der Waals surface area contributed by atoms with Gasteiger partial charge in [-0.15, -0.1) is 0 Å². The summed E-state index contributed by atoms with van der Waals surface area (Å²) in [7, 11) is 3.34. The molecule has 0 amide bonds. The van der Waals surface area contributed by atoms with Crippen molar-refractivity contribution in [1.29, 1.82) is 0 Å². The van der Waals surface area contributed by atoms with Gasteiger partial charge in [-0.3, -0.25) is 4.98 Å². The monoisotopic (exact) mass is 356 g/mol. The number of nitrogen functional groups attached to an aromatic ring is 1. The molecule has 3 aromatic heterocycles. The number of nitrogens with zero attached hydrogens (tertiary/aromatic N) is 4. The van der Waals surface area contributed by atoms with Crippen molar-refractivity contribution in [2.45, 2.75) is 20.4 Å². The summed E-state index contributed by atoms with van der Waals surface area (Å²) >= 11 is 0. The fourth-order valence-corrected chi connectivity index (χ4v) is 3.04. The van der Waals surface area contributed by atoms with Crippen LogP contribution < -0.4 is 15.8 Å². The van der Waals surface area contributed by atoms with Crippen LogP contribution in [0, 0.1) is 13.8 Å². The molecule has 3 aromatic rings. The maximum absolute atomic E-state index is 5.84. The topological polar surface area (TPSA) is 100 Å². The molecular formula is C18H24N6O2. The predicted octanol–water partition coefficient (Wildman–Crippen LogP) is 2.14. The van der Waals surface area contributed by atoms with E-state index in [0.29, 0.717) is 25.5 Å². The fraction of sp³-hybridized carbons (Fsp3) is 0.389. The van der Waals surface area contributed by atoms with E-state index in [4.69, 9.17) is 15.2 Å². The van der Waals surface area contributed by atoms with E-state index in [1.165, 1.54) is 0 Å². The van der Waals surface area contributed by atoms with Crippen LogP contribution in [0.5, 0.6) is 5.75 Å². The van der Waals surface area contributed by atoms with Crippen molar-refractivity contribution in [3.63, 3.8) is 0 Å². The number of nitrogens with one attached hydrogen (secondary N) is 1. The molecule has 0 unspecified atom stereocenters. The molecule has 0 aromatic carbocycles. The number of hydrogen-bond donors (Lipinski definition) is 2. The Morgan fingerprint density at radius 3 is 2.77 bits per heavy atom. The van der Waals surface area contributed by atoms with Crippen molar-refractivity contribution in [2.75, 3.05) is 38.4 Å². The fourth-order valence-electron chi connectivity index (χ4n) is 3.04. The van der Waals surface area contributed by atoms with Crippen LogP contribution in [0.15, 0.2) is 18.5 Å². The molecule has 0 aliphatic rings. The molecule has 0 aliphatic heterocycles. The molecule has 0 spiro atoms. The SMILES string of the molecule is COCCNc1nc(N)nc2ccn(Cc3ncc(C)c(OC)c3C)c12. The average molecular weight is 356 g/mol. The van der Waals surface area contributed by atoms with E-state index < -0.39 is 0 Å². The number of nitrogens with two attached hydrogens (primary N) is 1. The molecule has 26 heavy (non-hydrogen) atoms. The lowest BCUT2D eigenvalue weighted by Crippen LogP contribution is -2.12. The van der Waals surface area contributed by atoms with Gasteiger partial charge in [0.15, 0.2) is 5.82 Å². The molecule has 8 nitrogen and oxygen atoms in total. The highest BCUT2D eigenvalue weighted by Crippen LogP contribution is 2.27. The van der Waals surface area contributed by atoms with Gasteiger partial charge in [0.25, 0.3) is 0 Å². The lowest BCUT2D eigenvalue weighted by molar-refractivity contribution is 0.210. The van der Waals surface area contributed by atoms with Crippen LogP contribution in [0.1, 0.15) is 16.8 Å². The minimum atomic E-state index is 0.237. The molecule has 3 heterocycles. The zero-order chi connectivity index (χ0) is 18.7. The standard InChI is InChI=1S/C18H24N6O2/c1-11-9-21-14(12(2)16(11)26-4)10-24-7-5-13-15(24)17(20-6-8-25-3)23-18(19)22-13/h5,7,9H,6,8,10H2,1-4H3,(H3,19,20,22,23). The molecule has 0 aliphatic carbocycles. The predicted molar refractivity (Wildman–Crippen MR) is 102 cm³/mol. The molecule has 138 valence electrons. The molecule has 0 radical (unpaired) electrons. The number of aryl methyl sites for hydroxylation is 1. The van der Waals surface area contributed by atoms with Crippen LogP contribution in [0.25, 0.3) is 11.0 Å². The third-order valence-electron chi connectivity index (χ3n) is 4.30. The van der Waals surface area contributed by atoms with Crippen LogP contribution in [0.3, 0.4) is 0 Å². The summed E-state index contributed by atoms with van der Waals surface area (Å²) in [5, 5.41) is 3.27. The summed E-state index contributed by atoms with van der Waals surface area (Å²) in [5.41, 5.74) is 10.5. The number of rotatable bonds is 7. The lowest BCUT2D eigenvalue weighted by Gasteiger charge is -2.14. The first-order valence-electron chi connectivity index (χ1n) is 8.39. The molecule has 3 N–H and O–H groups in total. The van der Waals surface area contributed by atoms with Crippen molar-refractivity contribution in [3.8, 4) is 5.75 Å². The normalized spacial score (nSPS) is 11.1. The largest absolute Gasteiger partial charge is 0.496 e. The second kappa shape index (κ2) is 7.57. The Morgan fingerprint density at radius 1 is 1.23 bits per heavy atom. The van der Waals surface area contributed by atoms with Gasteiger partial charge >= 0.3 is 0 Å². The summed E-state index contributed by atoms with van der Waals surface area (Å²) in [6.45, 7) is 5.79. The average Bonchev–Trinajstić information content (AvgIpc) is 3.00. The summed E-state index contributed by atoms with van der Waals surface area (Å²) in [6.07, 6.45) is 3.80. The van der Waals surface area contributed by atoms with E-state index in [-0.39, 0.29) is 5.95 Å². The molecule has 3 rings (SSSR count). The van der Waals surface area contributed by atoms with Crippen LogP contribution in [0.4, 0.5) is 11.8 Å². The van der Waals surface area contributed by atoms with Gasteiger partial charge in [0, 0.05) is 37.2 Å². The van der Waals surface area contributed by atoms with E-state index in [9.17, 15) is 0 Å². The summed E-state index contributed by atoms with van der Waals surface area (Å²) in [4.78, 5) is 13.3. The molecule has 0 saturated heterocycles. The number of ether oxygens (including phenoxy) is 2. The van der Waals surface area contributed by atoms with Crippen LogP contribution in [-0.4, -0.2) is 46.9 Å². The maximum atomic E-state index is 5.84. The number of anilines is 2. The molecular weight excluding hydrogens is 332 g/mol. The van der Waals surface area contributed by atoms with E-state index in [0.717, 1.165) is 33.6 Å². The second-order valence-corrected chi connectivity index (χ2v) is 6.07. The number of methoxy groups -OCH3 is 2. The van der Waals surface area contributed by atoms with E-state index in [2.05, 4.69) is 24.8 Å². The van der Waals surface area contributed by atoms with Crippen molar-refractivity contribution >= 4 is 22.8 Å². The number of pyridine rings is 1. The zero-order valence-electron chi connectivity index (χ0n) is 15.5. The Hall–Kier alpha value is -2.87. The number of aromatic nitrogens is 4. The van der Waals surface area contributed by atoms with Gasteiger partial charge in [-0.05, 0) is 19.9 Å². The second-order valence-electron chi connectivity index (χ2n) is 6.07. The van der Waals surface area contributed by atoms with Crippen LogP contribution in [0.2, 0.25) is 0 Å². The minimum Gasteiger partial charge on any atom is -0.496 e. The van der Waals surface area contributed by atoms with E-state index in [1.807, 2.05) is 32.3 Å². The quantitative estimate of drug-likeness (QED) is 0.626. The number of fused-ring (bicyclic) bond motifs is 1. The third-order valence-corrected chi connectivity index (χ3v) is 4.30. The van der Waals surface area contributed by atoms with E-state index in [1.54, 1.807) is 14.2 Å². The third kappa shape index (κ3) is 3.41. The lowest BCUT2D eigenvalue weighted by atomic mass is 10.1. The highest BCUT2D eigenvalue weighted by Gasteiger charge is 2.15. The Morgan fingerprint density at radius 2 is 2.04 bits per heavy atom. The summed E-state index contributed by atoms with van der Waals surface area (Å²) in [5.74, 6) is 1.79. The first kappa shape index (κ1) is 17.9. The van der Waals surface area contributed by atoms with Gasteiger partial charge in [0.05, 0.1) is 31.5 Å². The Bertz CT molecular complexity index is 922. The van der Waals surface area contributed by atoms with Crippen LogP contribution >= 0.6 is 0 Å². The van der Waals surface area contributed by atoms with Crippen molar-refractivity contribution in [2.24, 2.45) is 0 Å². The molecule has 0 bridgehead atoms. The Balaban J connectivity index is 2.01. The Kier molecular flexibility index (Phi) is 5.22. The zero-order valence-corrected chi connectivity index (χ0v) is 15.5. The summed E-state index contributed by atoms with van der Waals surface area (Å²) in [6, 6.07) is 1.93. The van der Waals surface area contributed by atoms with Gasteiger partial charge in [0.2, 0.25) is 5.95 Å². The molecule has 0 fully saturated rings. The molecule has 8 heteroatoms. The van der Waals surface area contributed by atoms with Gasteiger partial charge in [-0.1, -0.05) is 0 Å². The van der Waals surface area contributed by atoms with Gasteiger partial charge in [-0.2, -0.15) is 4.98 Å². The smallest absolute Gasteiger partial charge is 0.222 e. The summed E-state index contributed by atoms with van der Waals surface area (Å²) < 4.78 is 12.7. The van der Waals surface area contributed by atoms with Crippen molar-refractivity contribution in [3.05, 3.63) is 35.3 Å². The minimum absolute atomic E-state index is 0.237. The van der Waals surface area contributed by atoms with Crippen molar-refractivity contribution in [1.82, 2.24) is 19.5 Å².